The summed E-state index contributed by atoms with van der Waals surface area (Å²) in [6.07, 6.45) is 0. The van der Waals surface area contributed by atoms with Gasteiger partial charge in [-0.2, -0.15) is 0 Å². The van der Waals surface area contributed by atoms with E-state index in [1.807, 2.05) is 0 Å². The van der Waals surface area contributed by atoms with Crippen LogP contribution in [0.3, 0.4) is 0 Å². The topological polar surface area (TPSA) is 166 Å². The molecule has 0 bridgehead atoms. The van der Waals surface area contributed by atoms with Gasteiger partial charge in [0.05, 0.1) is 22.3 Å². The van der Waals surface area contributed by atoms with Crippen LogP contribution >= 0.6 is 0 Å². The van der Waals surface area contributed by atoms with E-state index in [1.165, 1.54) is 72.8 Å². The largest absolute Gasteiger partial charge is 0.478 e. The first kappa shape index (κ1) is 28.6. The minimum Gasteiger partial charge on any atom is -0.478 e. The predicted molar refractivity (Wildman–Crippen MR) is 143 cm³/mol. The minimum absolute atomic E-state index is 0.0998. The molecule has 9 heteroatoms. The van der Waals surface area contributed by atoms with E-state index in [9.17, 15) is 24.0 Å². The van der Waals surface area contributed by atoms with Crippen molar-refractivity contribution in [2.24, 2.45) is 0 Å². The van der Waals surface area contributed by atoms with Crippen LogP contribution in [-0.2, 0) is 0 Å². The van der Waals surface area contributed by atoms with Crippen molar-refractivity contribution in [2.45, 2.75) is 0 Å². The monoisotopic (exact) mass is 536 g/mol. The van der Waals surface area contributed by atoms with Crippen LogP contribution in [0.2, 0.25) is 0 Å². The molecule has 4 aromatic carbocycles. The number of benzene rings is 4. The highest BCUT2D eigenvalue weighted by molar-refractivity contribution is 6.09. The smallest absolute Gasteiger partial charge is 0.335 e. The van der Waals surface area contributed by atoms with Gasteiger partial charge < -0.3 is 20.4 Å². The van der Waals surface area contributed by atoms with Gasteiger partial charge in [-0.3, -0.25) is 4.79 Å². The SMILES string of the molecule is O=C(O)c1ccc(C#Cc2ccc(C(=O)O)cc2)cc1.O=C(O)c1ccc(C(=O)c2ccc(C(=O)O)cc2)cc1. The standard InChI is InChI=1S/C16H10O4.C15H10O5/c17-15(18)13-7-3-11(4-8-13)1-2-12-5-9-14(10-6-12)16(19)20;16-13(9-1-5-11(6-2-9)14(17)18)10-3-7-12(8-4-10)15(19)20/h3-10H,(H,17,18)(H,19,20);1-8H,(H,17,18)(H,19,20). The fourth-order valence-corrected chi connectivity index (χ4v) is 3.23. The highest BCUT2D eigenvalue weighted by Gasteiger charge is 2.11. The number of carbonyl (C=O) groups excluding carboxylic acids is 1. The van der Waals surface area contributed by atoms with Crippen molar-refractivity contribution in [3.63, 3.8) is 0 Å². The maximum atomic E-state index is 12.1. The van der Waals surface area contributed by atoms with Gasteiger partial charge in [-0.05, 0) is 72.8 Å². The zero-order valence-corrected chi connectivity index (χ0v) is 20.6. The molecular weight excluding hydrogens is 516 g/mol. The van der Waals surface area contributed by atoms with Gasteiger partial charge in [0, 0.05) is 22.3 Å². The van der Waals surface area contributed by atoms with E-state index in [-0.39, 0.29) is 28.0 Å². The van der Waals surface area contributed by atoms with E-state index < -0.39 is 23.9 Å². The molecule has 0 aliphatic rings. The van der Waals surface area contributed by atoms with Crippen molar-refractivity contribution in [1.29, 1.82) is 0 Å². The molecule has 198 valence electrons. The van der Waals surface area contributed by atoms with Crippen LogP contribution in [0.5, 0.6) is 0 Å². The number of rotatable bonds is 6. The Morgan fingerprint density at radius 3 is 0.775 bits per heavy atom. The lowest BCUT2D eigenvalue weighted by molar-refractivity contribution is 0.0686. The molecule has 0 spiro atoms. The quantitative estimate of drug-likeness (QED) is 0.200. The van der Waals surface area contributed by atoms with Crippen LogP contribution < -0.4 is 0 Å². The van der Waals surface area contributed by atoms with Gasteiger partial charge in [0.1, 0.15) is 0 Å². The van der Waals surface area contributed by atoms with E-state index in [4.69, 9.17) is 20.4 Å². The first-order chi connectivity index (χ1) is 19.0. The van der Waals surface area contributed by atoms with Crippen LogP contribution in [0, 0.1) is 11.8 Å². The van der Waals surface area contributed by atoms with Crippen molar-refractivity contribution in [1.82, 2.24) is 0 Å². The molecule has 0 aliphatic carbocycles. The van der Waals surface area contributed by atoms with Gasteiger partial charge in [0.25, 0.3) is 0 Å². The first-order valence-corrected chi connectivity index (χ1v) is 11.5. The van der Waals surface area contributed by atoms with Crippen LogP contribution in [-0.4, -0.2) is 50.1 Å². The van der Waals surface area contributed by atoms with Gasteiger partial charge in [0.2, 0.25) is 0 Å². The lowest BCUT2D eigenvalue weighted by Crippen LogP contribution is -2.04. The van der Waals surface area contributed by atoms with Crippen molar-refractivity contribution in [2.75, 3.05) is 0 Å². The third kappa shape index (κ3) is 7.74. The van der Waals surface area contributed by atoms with Gasteiger partial charge in [0.15, 0.2) is 5.78 Å². The Hall–Kier alpha value is -6.01. The number of ketones is 1. The number of carboxylic acids is 4. The van der Waals surface area contributed by atoms with Crippen LogP contribution in [0.25, 0.3) is 0 Å². The second-order valence-electron chi connectivity index (χ2n) is 8.11. The molecule has 0 atom stereocenters. The summed E-state index contributed by atoms with van der Waals surface area (Å²) in [5, 5.41) is 35.1. The van der Waals surface area contributed by atoms with Gasteiger partial charge in [-0.1, -0.05) is 36.1 Å². The van der Waals surface area contributed by atoms with E-state index in [0.29, 0.717) is 22.3 Å². The molecule has 0 radical (unpaired) electrons. The van der Waals surface area contributed by atoms with Crippen molar-refractivity contribution < 1.29 is 44.4 Å². The van der Waals surface area contributed by atoms with Gasteiger partial charge in [-0.15, -0.1) is 0 Å². The van der Waals surface area contributed by atoms with Crippen molar-refractivity contribution >= 4 is 29.7 Å². The summed E-state index contributed by atoms with van der Waals surface area (Å²) in [7, 11) is 0. The Morgan fingerprint density at radius 2 is 0.550 bits per heavy atom. The predicted octanol–water partition coefficient (Wildman–Crippen LogP) is 4.80. The summed E-state index contributed by atoms with van der Waals surface area (Å²) in [6.45, 7) is 0. The molecule has 40 heavy (non-hydrogen) atoms. The number of aromatic carboxylic acids is 4. The summed E-state index contributed by atoms with van der Waals surface area (Å²) >= 11 is 0. The zero-order valence-electron chi connectivity index (χ0n) is 20.6. The van der Waals surface area contributed by atoms with Crippen LogP contribution in [0.1, 0.15) is 68.5 Å². The normalized spacial score (nSPS) is 9.70. The number of hydrogen-bond donors (Lipinski definition) is 4. The van der Waals surface area contributed by atoms with E-state index in [2.05, 4.69) is 11.8 Å². The molecule has 0 amide bonds. The number of carboxylic acid groups (broad SMARTS) is 4. The van der Waals surface area contributed by atoms with Gasteiger partial charge >= 0.3 is 23.9 Å². The molecular formula is C31H20O9. The maximum Gasteiger partial charge on any atom is 0.335 e. The Labute approximate surface area is 227 Å². The molecule has 0 unspecified atom stereocenters. The Bertz CT molecular complexity index is 1500. The Balaban J connectivity index is 0.000000220. The van der Waals surface area contributed by atoms with Crippen LogP contribution in [0.15, 0.2) is 97.1 Å². The van der Waals surface area contributed by atoms with E-state index in [1.54, 1.807) is 24.3 Å². The molecule has 0 saturated carbocycles. The highest BCUT2D eigenvalue weighted by Crippen LogP contribution is 2.13. The first-order valence-electron chi connectivity index (χ1n) is 11.5. The molecule has 4 rings (SSSR count). The highest BCUT2D eigenvalue weighted by atomic mass is 16.4. The molecule has 0 saturated heterocycles. The minimum atomic E-state index is -1.06. The maximum absolute atomic E-state index is 12.1. The second-order valence-corrected chi connectivity index (χ2v) is 8.11. The molecule has 4 aromatic rings. The Kier molecular flexibility index (Phi) is 9.27. The average Bonchev–Trinajstić information content (AvgIpc) is 2.96. The lowest BCUT2D eigenvalue weighted by atomic mass is 10.0. The molecule has 4 N–H and O–H groups in total. The Morgan fingerprint density at radius 1 is 0.350 bits per heavy atom. The summed E-state index contributed by atoms with van der Waals surface area (Å²) in [4.78, 5) is 54.9. The van der Waals surface area contributed by atoms with Crippen molar-refractivity contribution in [3.8, 4) is 11.8 Å². The summed E-state index contributed by atoms with van der Waals surface area (Å²) in [5.74, 6) is 1.40. The van der Waals surface area contributed by atoms with E-state index >= 15 is 0 Å². The summed E-state index contributed by atoms with van der Waals surface area (Å²) in [6, 6.07) is 23.6. The second kappa shape index (κ2) is 13.0. The number of hydrogen-bond acceptors (Lipinski definition) is 5. The summed E-state index contributed by atoms with van der Waals surface area (Å²) < 4.78 is 0. The molecule has 0 heterocycles. The lowest BCUT2D eigenvalue weighted by Gasteiger charge is -2.02. The summed E-state index contributed by atoms with van der Waals surface area (Å²) in [5.41, 5.74) is 2.69. The third-order valence-corrected chi connectivity index (χ3v) is 5.40. The molecule has 0 aromatic heterocycles. The fraction of sp³-hybridized carbons (Fsp3) is 0. The molecule has 9 nitrogen and oxygen atoms in total. The molecule has 0 fully saturated rings. The zero-order chi connectivity index (χ0) is 29.2. The van der Waals surface area contributed by atoms with Crippen LogP contribution in [0.4, 0.5) is 0 Å². The fourth-order valence-electron chi connectivity index (χ4n) is 3.23. The average molecular weight is 536 g/mol. The van der Waals surface area contributed by atoms with Gasteiger partial charge in [-0.25, -0.2) is 19.2 Å². The van der Waals surface area contributed by atoms with E-state index in [0.717, 1.165) is 0 Å². The van der Waals surface area contributed by atoms with Crippen molar-refractivity contribution in [3.05, 3.63) is 142 Å². The third-order valence-electron chi connectivity index (χ3n) is 5.40. The molecule has 0 aliphatic heterocycles. The number of carbonyl (C=O) groups is 5.